The van der Waals surface area contributed by atoms with Gasteiger partial charge in [-0.15, -0.1) is 0 Å². The normalized spacial score (nSPS) is 12.1. The first-order valence-electron chi connectivity index (χ1n) is 14.9. The number of carbonyl (C=O) groups is 2. The van der Waals surface area contributed by atoms with Gasteiger partial charge in [-0.05, 0) is 93.3 Å². The van der Waals surface area contributed by atoms with Gasteiger partial charge in [0.05, 0.1) is 10.6 Å². The van der Waals surface area contributed by atoms with Crippen LogP contribution >= 0.6 is 11.6 Å². The second kappa shape index (κ2) is 14.8. The van der Waals surface area contributed by atoms with E-state index in [4.69, 9.17) is 11.6 Å². The smallest absolute Gasteiger partial charge is 0.264 e. The Morgan fingerprint density at radius 2 is 1.40 bits per heavy atom. The van der Waals surface area contributed by atoms with E-state index >= 15 is 0 Å². The van der Waals surface area contributed by atoms with Crippen molar-refractivity contribution in [2.45, 2.75) is 64.6 Å². The van der Waals surface area contributed by atoms with Crippen LogP contribution in [0.25, 0.3) is 0 Å². The fourth-order valence-corrected chi connectivity index (χ4v) is 6.84. The lowest BCUT2D eigenvalue weighted by Crippen LogP contribution is -2.54. The number of nitrogens with one attached hydrogen (secondary N) is 1. The molecule has 0 aliphatic heterocycles. The summed E-state index contributed by atoms with van der Waals surface area (Å²) in [7, 11) is -4.17. The molecule has 1 atom stereocenters. The number of amides is 2. The van der Waals surface area contributed by atoms with Crippen molar-refractivity contribution in [3.63, 3.8) is 0 Å². The van der Waals surface area contributed by atoms with Crippen LogP contribution in [0.15, 0.2) is 102 Å². The lowest BCUT2D eigenvalue weighted by Gasteiger charge is -2.34. The highest BCUT2D eigenvalue weighted by atomic mass is 35.5. The average Bonchev–Trinajstić information content (AvgIpc) is 2.97. The van der Waals surface area contributed by atoms with E-state index in [9.17, 15) is 18.0 Å². The van der Waals surface area contributed by atoms with Crippen LogP contribution in [0, 0.1) is 20.8 Å². The minimum atomic E-state index is -4.17. The highest BCUT2D eigenvalue weighted by Crippen LogP contribution is 2.27. The van der Waals surface area contributed by atoms with E-state index < -0.39 is 28.5 Å². The van der Waals surface area contributed by atoms with Gasteiger partial charge in [-0.25, -0.2) is 8.42 Å². The van der Waals surface area contributed by atoms with Crippen molar-refractivity contribution in [3.8, 4) is 0 Å². The van der Waals surface area contributed by atoms with Gasteiger partial charge in [0.1, 0.15) is 12.6 Å². The molecule has 0 heterocycles. The first-order chi connectivity index (χ1) is 21.3. The maximum atomic E-state index is 14.5. The van der Waals surface area contributed by atoms with Gasteiger partial charge in [0, 0.05) is 24.0 Å². The van der Waals surface area contributed by atoms with E-state index in [1.165, 1.54) is 4.90 Å². The maximum absolute atomic E-state index is 14.5. The summed E-state index contributed by atoms with van der Waals surface area (Å²) in [6.07, 6.45) is 0.236. The molecule has 4 aromatic carbocycles. The van der Waals surface area contributed by atoms with Gasteiger partial charge in [-0.1, -0.05) is 77.8 Å². The molecule has 0 unspecified atom stereocenters. The van der Waals surface area contributed by atoms with Crippen LogP contribution in [0.3, 0.4) is 0 Å². The van der Waals surface area contributed by atoms with E-state index in [-0.39, 0.29) is 29.8 Å². The summed E-state index contributed by atoms with van der Waals surface area (Å²) in [5, 5.41) is 3.46. The minimum Gasteiger partial charge on any atom is -0.352 e. The van der Waals surface area contributed by atoms with Crippen molar-refractivity contribution >= 4 is 39.1 Å². The third kappa shape index (κ3) is 8.96. The quantitative estimate of drug-likeness (QED) is 0.188. The van der Waals surface area contributed by atoms with Gasteiger partial charge >= 0.3 is 0 Å². The Labute approximate surface area is 271 Å². The number of sulfonamides is 1. The monoisotopic (exact) mass is 645 g/mol. The zero-order valence-electron chi connectivity index (χ0n) is 26.3. The zero-order chi connectivity index (χ0) is 32.7. The van der Waals surface area contributed by atoms with Crippen molar-refractivity contribution < 1.29 is 18.0 Å². The van der Waals surface area contributed by atoms with Gasteiger partial charge < -0.3 is 10.2 Å². The Bertz CT molecular complexity index is 1720. The zero-order valence-corrected chi connectivity index (χ0v) is 27.9. The molecule has 1 N–H and O–H groups in total. The van der Waals surface area contributed by atoms with Crippen LogP contribution in [-0.2, 0) is 32.6 Å². The predicted molar refractivity (Wildman–Crippen MR) is 181 cm³/mol. The third-order valence-electron chi connectivity index (χ3n) is 7.33. The Hall–Kier alpha value is -4.14. The Kier molecular flexibility index (Phi) is 11.1. The summed E-state index contributed by atoms with van der Waals surface area (Å²) in [6.45, 7) is 8.89. The number of benzene rings is 4. The third-order valence-corrected chi connectivity index (χ3v) is 9.35. The van der Waals surface area contributed by atoms with Crippen molar-refractivity contribution in [1.29, 1.82) is 0 Å². The van der Waals surface area contributed by atoms with Gasteiger partial charge in [0.2, 0.25) is 11.8 Å². The number of nitrogens with zero attached hydrogens (tertiary/aromatic N) is 2. The van der Waals surface area contributed by atoms with Crippen LogP contribution in [-0.4, -0.2) is 43.8 Å². The van der Waals surface area contributed by atoms with Gasteiger partial charge in [0.25, 0.3) is 10.0 Å². The van der Waals surface area contributed by atoms with Crippen LogP contribution in [0.2, 0.25) is 5.02 Å². The predicted octanol–water partition coefficient (Wildman–Crippen LogP) is 6.63. The van der Waals surface area contributed by atoms with Crippen LogP contribution in [0.5, 0.6) is 0 Å². The summed E-state index contributed by atoms with van der Waals surface area (Å²) in [5.41, 5.74) is 4.58. The Morgan fingerprint density at radius 3 is 2.00 bits per heavy atom. The summed E-state index contributed by atoms with van der Waals surface area (Å²) in [4.78, 5) is 29.9. The number of carbonyl (C=O) groups excluding carboxylic acids is 2. The number of aryl methyl sites for hydroxylation is 3. The lowest BCUT2D eigenvalue weighted by molar-refractivity contribution is -0.140. The molecule has 0 aliphatic rings. The van der Waals surface area contributed by atoms with Gasteiger partial charge in [0.15, 0.2) is 0 Å². The standard InChI is InChI=1S/C36H40ClN3O4S/c1-25(2)38-36(42)34(22-29-10-7-6-8-11-29)39(23-30-12-9-13-31(37)21-30)35(41)24-40(32-19-27(4)18-28(5)20-32)45(43,44)33-16-14-26(3)15-17-33/h6-21,25,34H,22-24H2,1-5H3,(H,38,42)/t34-/m1/s1. The summed E-state index contributed by atoms with van der Waals surface area (Å²) in [5.74, 6) is -0.853. The second-order valence-corrected chi connectivity index (χ2v) is 14.0. The van der Waals surface area contributed by atoms with Crippen molar-refractivity contribution in [3.05, 3.63) is 130 Å². The summed E-state index contributed by atoms with van der Waals surface area (Å²) < 4.78 is 29.6. The highest BCUT2D eigenvalue weighted by Gasteiger charge is 2.35. The summed E-state index contributed by atoms with van der Waals surface area (Å²) >= 11 is 6.31. The molecule has 0 aliphatic carbocycles. The molecule has 7 nitrogen and oxygen atoms in total. The van der Waals surface area contributed by atoms with Crippen LogP contribution in [0.4, 0.5) is 5.69 Å². The lowest BCUT2D eigenvalue weighted by atomic mass is 10.0. The number of halogens is 1. The molecule has 236 valence electrons. The number of anilines is 1. The first-order valence-corrected chi connectivity index (χ1v) is 16.7. The molecule has 4 aromatic rings. The Balaban J connectivity index is 1.83. The molecule has 0 bridgehead atoms. The highest BCUT2D eigenvalue weighted by molar-refractivity contribution is 7.92. The average molecular weight is 646 g/mol. The van der Waals surface area contributed by atoms with E-state index in [1.54, 1.807) is 54.6 Å². The molecule has 2 amide bonds. The van der Waals surface area contributed by atoms with Gasteiger partial charge in [-0.2, -0.15) is 0 Å². The largest absolute Gasteiger partial charge is 0.352 e. The van der Waals surface area contributed by atoms with Crippen LogP contribution < -0.4 is 9.62 Å². The van der Waals surface area contributed by atoms with E-state index in [0.29, 0.717) is 16.3 Å². The second-order valence-electron chi connectivity index (χ2n) is 11.7. The number of rotatable bonds is 12. The molecular weight excluding hydrogens is 606 g/mol. The molecule has 0 aromatic heterocycles. The molecule has 0 saturated carbocycles. The molecule has 0 spiro atoms. The maximum Gasteiger partial charge on any atom is 0.264 e. The number of hydrogen-bond donors (Lipinski definition) is 1. The van der Waals surface area contributed by atoms with Crippen molar-refractivity contribution in [2.75, 3.05) is 10.8 Å². The summed E-state index contributed by atoms with van der Waals surface area (Å²) in [6, 6.07) is 27.4. The first kappa shape index (κ1) is 33.7. The molecule has 45 heavy (non-hydrogen) atoms. The minimum absolute atomic E-state index is 0.0493. The van der Waals surface area contributed by atoms with E-state index in [2.05, 4.69) is 5.32 Å². The fourth-order valence-electron chi connectivity index (χ4n) is 5.23. The number of hydrogen-bond acceptors (Lipinski definition) is 4. The molecule has 0 radical (unpaired) electrons. The van der Waals surface area contributed by atoms with E-state index in [0.717, 1.165) is 26.6 Å². The van der Waals surface area contributed by atoms with Crippen molar-refractivity contribution in [1.82, 2.24) is 10.2 Å². The molecule has 4 rings (SSSR count). The fraction of sp³-hybridized carbons (Fsp3) is 0.278. The molecule has 0 fully saturated rings. The van der Waals surface area contributed by atoms with Crippen LogP contribution in [0.1, 0.15) is 41.7 Å². The Morgan fingerprint density at radius 1 is 0.778 bits per heavy atom. The molecular formula is C36H40ClN3O4S. The topological polar surface area (TPSA) is 86.8 Å². The molecule has 0 saturated heterocycles. The molecule has 9 heteroatoms. The van der Waals surface area contributed by atoms with Crippen molar-refractivity contribution in [2.24, 2.45) is 0 Å². The van der Waals surface area contributed by atoms with Gasteiger partial charge in [-0.3, -0.25) is 13.9 Å². The van der Waals surface area contributed by atoms with E-state index in [1.807, 2.05) is 77.1 Å². The SMILES string of the molecule is Cc1ccc(S(=O)(=O)N(CC(=O)N(Cc2cccc(Cl)c2)[C@H](Cc2ccccc2)C(=O)NC(C)C)c2cc(C)cc(C)c2)cc1.